The predicted molar refractivity (Wildman–Crippen MR) is 71.2 cm³/mol. The number of ether oxygens (including phenoxy) is 1. The van der Waals surface area contributed by atoms with Gasteiger partial charge in [-0.1, -0.05) is 13.3 Å². The van der Waals surface area contributed by atoms with E-state index in [4.69, 9.17) is 16.3 Å². The molecule has 6 heteroatoms. The molecule has 1 aliphatic rings. The molecule has 1 saturated heterocycles. The third-order valence-corrected chi connectivity index (χ3v) is 3.28. The normalized spacial score (nSPS) is 19.3. The van der Waals surface area contributed by atoms with Gasteiger partial charge in [-0.3, -0.25) is 0 Å². The summed E-state index contributed by atoms with van der Waals surface area (Å²) in [4.78, 5) is 14.6. The molecule has 0 N–H and O–H groups in total. The highest BCUT2D eigenvalue weighted by molar-refractivity contribution is 6.28. The van der Waals surface area contributed by atoms with Crippen molar-refractivity contribution >= 4 is 17.5 Å². The Bertz CT molecular complexity index is 402. The van der Waals surface area contributed by atoms with E-state index >= 15 is 0 Å². The minimum absolute atomic E-state index is 0.197. The molecule has 1 fully saturated rings. The smallest absolute Gasteiger partial charge is 0.322 e. The molecule has 18 heavy (non-hydrogen) atoms. The van der Waals surface area contributed by atoms with Gasteiger partial charge in [0.05, 0.1) is 6.61 Å². The number of anilines is 1. The first-order valence-corrected chi connectivity index (χ1v) is 6.90. The molecule has 1 atom stereocenters. The largest absolute Gasteiger partial charge is 0.464 e. The molecular weight excluding hydrogens is 252 g/mol. The number of aromatic nitrogens is 3. The molecule has 0 bridgehead atoms. The van der Waals surface area contributed by atoms with Crippen molar-refractivity contribution in [2.24, 2.45) is 5.92 Å². The maximum absolute atomic E-state index is 5.89. The van der Waals surface area contributed by atoms with Crippen LogP contribution in [0, 0.1) is 5.92 Å². The van der Waals surface area contributed by atoms with E-state index in [0.29, 0.717) is 18.6 Å². The Morgan fingerprint density at radius 2 is 2.17 bits per heavy atom. The molecule has 1 aromatic rings. The summed E-state index contributed by atoms with van der Waals surface area (Å²) in [5.74, 6) is 1.37. The van der Waals surface area contributed by atoms with E-state index in [1.165, 1.54) is 19.3 Å². The summed E-state index contributed by atoms with van der Waals surface area (Å²) in [5, 5.41) is 0.197. The van der Waals surface area contributed by atoms with Crippen LogP contribution in [0.25, 0.3) is 0 Å². The average Bonchev–Trinajstić information content (AvgIpc) is 2.78. The van der Waals surface area contributed by atoms with Gasteiger partial charge in [0.25, 0.3) is 0 Å². The first-order chi connectivity index (χ1) is 8.72. The van der Waals surface area contributed by atoms with Gasteiger partial charge in [0.15, 0.2) is 0 Å². The molecule has 0 saturated carbocycles. The van der Waals surface area contributed by atoms with Crippen LogP contribution in [-0.2, 0) is 0 Å². The Morgan fingerprint density at radius 1 is 1.33 bits per heavy atom. The first kappa shape index (κ1) is 13.3. The quantitative estimate of drug-likeness (QED) is 0.823. The molecule has 1 aromatic heterocycles. The lowest BCUT2D eigenvalue weighted by molar-refractivity contribution is 0.311. The van der Waals surface area contributed by atoms with E-state index in [1.807, 2.05) is 6.92 Å². The molecule has 0 spiro atoms. The van der Waals surface area contributed by atoms with Gasteiger partial charge in [-0.2, -0.15) is 15.0 Å². The monoisotopic (exact) mass is 270 g/mol. The number of hydrogen-bond donors (Lipinski definition) is 0. The van der Waals surface area contributed by atoms with Crippen LogP contribution in [0.1, 0.15) is 33.1 Å². The SMILES string of the molecule is CCCC1CCN(c2nc(Cl)nc(OCC)n2)C1. The minimum Gasteiger partial charge on any atom is -0.464 e. The highest BCUT2D eigenvalue weighted by atomic mass is 35.5. The van der Waals surface area contributed by atoms with E-state index in [2.05, 4.69) is 26.8 Å². The molecular formula is C12H19ClN4O. The predicted octanol–water partition coefficient (Wildman–Crippen LogP) is 2.55. The summed E-state index contributed by atoms with van der Waals surface area (Å²) in [6.07, 6.45) is 3.68. The Kier molecular flexibility index (Phi) is 4.58. The highest BCUT2D eigenvalue weighted by Crippen LogP contribution is 2.25. The van der Waals surface area contributed by atoms with Gasteiger partial charge in [-0.15, -0.1) is 0 Å². The van der Waals surface area contributed by atoms with E-state index in [1.54, 1.807) is 0 Å². The van der Waals surface area contributed by atoms with Gasteiger partial charge in [0.1, 0.15) is 0 Å². The Morgan fingerprint density at radius 3 is 2.89 bits per heavy atom. The molecule has 1 aliphatic heterocycles. The molecule has 1 unspecified atom stereocenters. The van der Waals surface area contributed by atoms with Crippen LogP contribution >= 0.6 is 11.6 Å². The van der Waals surface area contributed by atoms with Gasteiger partial charge in [0, 0.05) is 13.1 Å². The minimum atomic E-state index is 0.197. The fourth-order valence-corrected chi connectivity index (χ4v) is 2.46. The molecule has 100 valence electrons. The number of nitrogens with zero attached hydrogens (tertiary/aromatic N) is 4. The van der Waals surface area contributed by atoms with Crippen molar-refractivity contribution in [3.63, 3.8) is 0 Å². The van der Waals surface area contributed by atoms with Crippen LogP contribution in [0.4, 0.5) is 5.95 Å². The van der Waals surface area contributed by atoms with Crippen molar-refractivity contribution in [1.82, 2.24) is 15.0 Å². The average molecular weight is 271 g/mol. The van der Waals surface area contributed by atoms with Crippen LogP contribution < -0.4 is 9.64 Å². The molecule has 2 heterocycles. The molecule has 5 nitrogen and oxygen atoms in total. The first-order valence-electron chi connectivity index (χ1n) is 6.52. The molecule has 2 rings (SSSR count). The molecule has 0 aliphatic carbocycles. The number of halogens is 1. The lowest BCUT2D eigenvalue weighted by atomic mass is 10.0. The van der Waals surface area contributed by atoms with Crippen LogP contribution in [0.3, 0.4) is 0 Å². The van der Waals surface area contributed by atoms with E-state index in [-0.39, 0.29) is 5.28 Å². The van der Waals surface area contributed by atoms with Crippen LogP contribution in [0.5, 0.6) is 6.01 Å². The summed E-state index contributed by atoms with van der Waals surface area (Å²) >= 11 is 5.89. The van der Waals surface area contributed by atoms with Gasteiger partial charge in [-0.05, 0) is 37.3 Å². The standard InChI is InChI=1S/C12H19ClN4O/c1-3-5-9-6-7-17(8-9)11-14-10(13)15-12(16-11)18-4-2/h9H,3-8H2,1-2H3. The van der Waals surface area contributed by atoms with Crippen molar-refractivity contribution in [3.8, 4) is 6.01 Å². The zero-order valence-electron chi connectivity index (χ0n) is 10.9. The number of hydrogen-bond acceptors (Lipinski definition) is 5. The van der Waals surface area contributed by atoms with Crippen molar-refractivity contribution in [3.05, 3.63) is 5.28 Å². The highest BCUT2D eigenvalue weighted by Gasteiger charge is 2.24. The van der Waals surface area contributed by atoms with E-state index in [9.17, 15) is 0 Å². The topological polar surface area (TPSA) is 51.1 Å². The van der Waals surface area contributed by atoms with Crippen LogP contribution in [0.15, 0.2) is 0 Å². The van der Waals surface area contributed by atoms with Crippen LogP contribution in [0.2, 0.25) is 5.28 Å². The second kappa shape index (κ2) is 6.18. The summed E-state index contributed by atoms with van der Waals surface area (Å²) in [6.45, 7) is 6.62. The Balaban J connectivity index is 2.08. The van der Waals surface area contributed by atoms with Crippen LogP contribution in [-0.4, -0.2) is 34.6 Å². The molecule has 0 amide bonds. The van der Waals surface area contributed by atoms with Gasteiger partial charge in [0.2, 0.25) is 11.2 Å². The second-order valence-electron chi connectivity index (χ2n) is 4.51. The van der Waals surface area contributed by atoms with Gasteiger partial charge in [-0.25, -0.2) is 0 Å². The maximum Gasteiger partial charge on any atom is 0.322 e. The third-order valence-electron chi connectivity index (χ3n) is 3.11. The molecule has 0 aromatic carbocycles. The lowest BCUT2D eigenvalue weighted by Gasteiger charge is -2.16. The van der Waals surface area contributed by atoms with Crippen molar-refractivity contribution in [2.75, 3.05) is 24.6 Å². The fourth-order valence-electron chi connectivity index (χ4n) is 2.32. The van der Waals surface area contributed by atoms with E-state index in [0.717, 1.165) is 19.0 Å². The summed E-state index contributed by atoms with van der Waals surface area (Å²) < 4.78 is 5.29. The lowest BCUT2D eigenvalue weighted by Crippen LogP contribution is -2.22. The Labute approximate surface area is 113 Å². The Hall–Kier alpha value is -1.10. The van der Waals surface area contributed by atoms with Gasteiger partial charge >= 0.3 is 6.01 Å². The zero-order valence-corrected chi connectivity index (χ0v) is 11.7. The third kappa shape index (κ3) is 3.22. The van der Waals surface area contributed by atoms with Gasteiger partial charge < -0.3 is 9.64 Å². The summed E-state index contributed by atoms with van der Waals surface area (Å²) in [6, 6.07) is 0.312. The summed E-state index contributed by atoms with van der Waals surface area (Å²) in [7, 11) is 0. The zero-order chi connectivity index (χ0) is 13.0. The van der Waals surface area contributed by atoms with Crippen molar-refractivity contribution in [2.45, 2.75) is 33.1 Å². The molecule has 0 radical (unpaired) electrons. The van der Waals surface area contributed by atoms with Crippen molar-refractivity contribution < 1.29 is 4.74 Å². The van der Waals surface area contributed by atoms with E-state index < -0.39 is 0 Å². The summed E-state index contributed by atoms with van der Waals surface area (Å²) in [5.41, 5.74) is 0. The second-order valence-corrected chi connectivity index (χ2v) is 4.85. The fraction of sp³-hybridized carbons (Fsp3) is 0.750. The van der Waals surface area contributed by atoms with Crippen molar-refractivity contribution in [1.29, 1.82) is 0 Å². The number of rotatable bonds is 5. The maximum atomic E-state index is 5.89.